The van der Waals surface area contributed by atoms with Crippen molar-refractivity contribution in [3.8, 4) is 0 Å². The molecule has 0 bridgehead atoms. The highest BCUT2D eigenvalue weighted by Crippen LogP contribution is 2.49. The summed E-state index contributed by atoms with van der Waals surface area (Å²) in [5, 5.41) is 1.34. The van der Waals surface area contributed by atoms with Gasteiger partial charge < -0.3 is 0 Å². The maximum atomic E-state index is 5.96. The van der Waals surface area contributed by atoms with Crippen LogP contribution in [0.2, 0.25) is 25.1 Å². The molecule has 0 aromatic heterocycles. The van der Waals surface area contributed by atoms with Crippen LogP contribution in [-0.4, -0.2) is 6.26 Å². The van der Waals surface area contributed by atoms with Gasteiger partial charge in [-0.05, 0) is 6.26 Å². The van der Waals surface area contributed by atoms with Crippen LogP contribution >= 0.6 is 79.6 Å². The standard InChI is InChI=1S/C7H3Cl5S2/c1-13-14-7-5(11)3(9)2(8)4(10)6(7)12/h1H3. The third-order valence-corrected chi connectivity index (χ3v) is 5.58. The van der Waals surface area contributed by atoms with Gasteiger partial charge in [-0.3, -0.25) is 0 Å². The van der Waals surface area contributed by atoms with Gasteiger partial charge in [0.25, 0.3) is 0 Å². The van der Waals surface area contributed by atoms with E-state index in [-0.39, 0.29) is 15.1 Å². The van der Waals surface area contributed by atoms with Crippen LogP contribution < -0.4 is 0 Å². The zero-order valence-electron chi connectivity index (χ0n) is 6.71. The molecule has 14 heavy (non-hydrogen) atoms. The summed E-state index contributed by atoms with van der Waals surface area (Å²) >= 11 is 29.5. The Morgan fingerprint density at radius 2 is 1.07 bits per heavy atom. The van der Waals surface area contributed by atoms with E-state index >= 15 is 0 Å². The maximum Gasteiger partial charge on any atom is 0.0809 e. The van der Waals surface area contributed by atoms with Crippen LogP contribution in [-0.2, 0) is 0 Å². The quantitative estimate of drug-likeness (QED) is 0.354. The maximum absolute atomic E-state index is 5.96. The number of hydrogen-bond donors (Lipinski definition) is 0. The van der Waals surface area contributed by atoms with E-state index in [4.69, 9.17) is 58.0 Å². The zero-order valence-corrected chi connectivity index (χ0v) is 12.1. The largest absolute Gasteiger partial charge is 0.0923 e. The minimum atomic E-state index is 0.189. The van der Waals surface area contributed by atoms with Crippen molar-refractivity contribution in [2.75, 3.05) is 6.26 Å². The van der Waals surface area contributed by atoms with E-state index in [1.807, 2.05) is 6.26 Å². The molecule has 0 aliphatic carbocycles. The first-order valence-electron chi connectivity index (χ1n) is 3.22. The van der Waals surface area contributed by atoms with Crippen molar-refractivity contribution in [2.24, 2.45) is 0 Å². The molecule has 0 saturated carbocycles. The topological polar surface area (TPSA) is 0 Å². The second kappa shape index (κ2) is 5.62. The Morgan fingerprint density at radius 3 is 1.43 bits per heavy atom. The molecule has 0 unspecified atom stereocenters. The minimum absolute atomic E-state index is 0.189. The summed E-state index contributed by atoms with van der Waals surface area (Å²) in [5.41, 5.74) is 0. The fourth-order valence-corrected chi connectivity index (χ4v) is 4.01. The summed E-state index contributed by atoms with van der Waals surface area (Å²) in [6, 6.07) is 0. The van der Waals surface area contributed by atoms with Gasteiger partial charge in [-0.25, -0.2) is 0 Å². The van der Waals surface area contributed by atoms with Gasteiger partial charge in [0, 0.05) is 0 Å². The molecule has 0 aliphatic rings. The van der Waals surface area contributed by atoms with E-state index in [0.717, 1.165) is 0 Å². The van der Waals surface area contributed by atoms with Gasteiger partial charge in [0.2, 0.25) is 0 Å². The minimum Gasteiger partial charge on any atom is -0.0923 e. The van der Waals surface area contributed by atoms with Crippen LogP contribution in [0.4, 0.5) is 0 Å². The first-order chi connectivity index (χ1) is 6.50. The molecule has 1 aromatic carbocycles. The van der Waals surface area contributed by atoms with Gasteiger partial charge in [0.15, 0.2) is 0 Å². The Kier molecular flexibility index (Phi) is 5.40. The van der Waals surface area contributed by atoms with Gasteiger partial charge in [-0.1, -0.05) is 79.6 Å². The first kappa shape index (κ1) is 13.4. The van der Waals surface area contributed by atoms with Crippen LogP contribution in [0, 0.1) is 0 Å². The molecule has 0 N–H and O–H groups in total. The number of hydrogen-bond acceptors (Lipinski definition) is 2. The van der Waals surface area contributed by atoms with Crippen molar-refractivity contribution in [1.82, 2.24) is 0 Å². The van der Waals surface area contributed by atoms with Crippen molar-refractivity contribution in [3.63, 3.8) is 0 Å². The molecule has 7 heteroatoms. The van der Waals surface area contributed by atoms with E-state index in [0.29, 0.717) is 14.9 Å². The fraction of sp³-hybridized carbons (Fsp3) is 0.143. The molecule has 1 aromatic rings. The van der Waals surface area contributed by atoms with Gasteiger partial charge in [0.1, 0.15) is 0 Å². The molecule has 0 heterocycles. The predicted molar refractivity (Wildman–Crippen MR) is 70.9 cm³/mol. The van der Waals surface area contributed by atoms with Crippen LogP contribution in [0.25, 0.3) is 0 Å². The summed E-state index contributed by atoms with van der Waals surface area (Å²) in [7, 11) is 2.88. The molecule has 1 rings (SSSR count). The molecule has 0 fully saturated rings. The third-order valence-electron chi connectivity index (χ3n) is 1.34. The van der Waals surface area contributed by atoms with Crippen molar-refractivity contribution in [3.05, 3.63) is 25.1 Å². The van der Waals surface area contributed by atoms with Crippen LogP contribution in [0.15, 0.2) is 4.90 Å². The summed E-state index contributed by atoms with van der Waals surface area (Å²) in [5.74, 6) is 0. The molecular formula is C7H3Cl5S2. The van der Waals surface area contributed by atoms with E-state index < -0.39 is 0 Å². The van der Waals surface area contributed by atoms with E-state index in [1.54, 1.807) is 0 Å². The Morgan fingerprint density at radius 1 is 0.714 bits per heavy atom. The van der Waals surface area contributed by atoms with Crippen LogP contribution in [0.1, 0.15) is 0 Å². The molecule has 0 saturated heterocycles. The Bertz CT molecular complexity index is 337. The third kappa shape index (κ3) is 2.54. The lowest BCUT2D eigenvalue weighted by Gasteiger charge is -2.10. The van der Waals surface area contributed by atoms with E-state index in [2.05, 4.69) is 0 Å². The Labute approximate surface area is 115 Å². The monoisotopic (exact) mass is 326 g/mol. The molecule has 0 amide bonds. The fourth-order valence-electron chi connectivity index (χ4n) is 0.741. The highest BCUT2D eigenvalue weighted by atomic mass is 35.5. The zero-order chi connectivity index (χ0) is 10.9. The molecular weight excluding hydrogens is 325 g/mol. The molecule has 0 radical (unpaired) electrons. The average Bonchev–Trinajstić information content (AvgIpc) is 2.19. The van der Waals surface area contributed by atoms with Gasteiger partial charge in [-0.2, -0.15) is 0 Å². The highest BCUT2D eigenvalue weighted by Gasteiger charge is 2.19. The molecule has 78 valence electrons. The van der Waals surface area contributed by atoms with Crippen LogP contribution in [0.5, 0.6) is 0 Å². The summed E-state index contributed by atoms with van der Waals surface area (Å²) in [6.45, 7) is 0. The number of halogens is 5. The smallest absolute Gasteiger partial charge is 0.0809 e. The normalized spacial score (nSPS) is 10.7. The van der Waals surface area contributed by atoms with E-state index in [1.165, 1.54) is 21.6 Å². The van der Waals surface area contributed by atoms with Crippen LogP contribution in [0.3, 0.4) is 0 Å². The Balaban J connectivity index is 3.43. The van der Waals surface area contributed by atoms with E-state index in [9.17, 15) is 0 Å². The summed E-state index contributed by atoms with van der Waals surface area (Å²) < 4.78 is 0. The lowest BCUT2D eigenvalue weighted by molar-refractivity contribution is 1.47. The summed E-state index contributed by atoms with van der Waals surface area (Å²) in [6.07, 6.45) is 1.90. The van der Waals surface area contributed by atoms with Crippen molar-refractivity contribution >= 4 is 79.6 Å². The number of benzene rings is 1. The van der Waals surface area contributed by atoms with Gasteiger partial charge in [-0.15, -0.1) is 0 Å². The van der Waals surface area contributed by atoms with Crippen molar-refractivity contribution < 1.29 is 0 Å². The summed E-state index contributed by atoms with van der Waals surface area (Å²) in [4.78, 5) is 0.639. The second-order valence-corrected chi connectivity index (χ2v) is 6.45. The van der Waals surface area contributed by atoms with Gasteiger partial charge >= 0.3 is 0 Å². The molecule has 0 nitrogen and oxygen atoms in total. The average molecular weight is 328 g/mol. The second-order valence-electron chi connectivity index (χ2n) is 2.15. The molecule has 0 spiro atoms. The number of rotatable bonds is 2. The lowest BCUT2D eigenvalue weighted by Crippen LogP contribution is -1.82. The van der Waals surface area contributed by atoms with Gasteiger partial charge in [0.05, 0.1) is 30.0 Å². The molecule has 0 aliphatic heterocycles. The lowest BCUT2D eigenvalue weighted by atomic mass is 10.3. The SMILES string of the molecule is CSSc1c(Cl)c(Cl)c(Cl)c(Cl)c1Cl. The first-order valence-corrected chi connectivity index (χ1v) is 7.67. The predicted octanol–water partition coefficient (Wildman–Crippen LogP) is 6.32. The van der Waals surface area contributed by atoms with Crippen molar-refractivity contribution in [1.29, 1.82) is 0 Å². The molecule has 0 atom stereocenters. The Hall–Kier alpha value is 1.37. The highest BCUT2D eigenvalue weighted by molar-refractivity contribution is 8.76. The van der Waals surface area contributed by atoms with Crippen molar-refractivity contribution in [2.45, 2.75) is 4.90 Å².